The van der Waals surface area contributed by atoms with E-state index >= 15 is 0 Å². The second kappa shape index (κ2) is 8.29. The molecule has 1 amide bonds. The van der Waals surface area contributed by atoms with Gasteiger partial charge in [0.25, 0.3) is 0 Å². The first-order valence-corrected chi connectivity index (χ1v) is 11.6. The van der Waals surface area contributed by atoms with Crippen LogP contribution in [0.3, 0.4) is 0 Å². The first-order valence-electron chi connectivity index (χ1n) is 9.94. The zero-order valence-electron chi connectivity index (χ0n) is 16.5. The summed E-state index contributed by atoms with van der Waals surface area (Å²) >= 11 is 3.03. The van der Waals surface area contributed by atoms with Crippen LogP contribution in [0.15, 0.2) is 46.2 Å². The highest BCUT2D eigenvalue weighted by atomic mass is 32.1. The van der Waals surface area contributed by atoms with Crippen LogP contribution in [0, 0.1) is 6.92 Å². The van der Waals surface area contributed by atoms with Gasteiger partial charge in [0, 0.05) is 12.0 Å². The molecule has 0 bridgehead atoms. The molecule has 8 heteroatoms. The van der Waals surface area contributed by atoms with Gasteiger partial charge in [0.05, 0.1) is 35.0 Å². The lowest BCUT2D eigenvalue weighted by atomic mass is 10.2. The molecule has 1 fully saturated rings. The summed E-state index contributed by atoms with van der Waals surface area (Å²) in [7, 11) is 0. The molecule has 5 rings (SSSR count). The van der Waals surface area contributed by atoms with Crippen LogP contribution in [0.25, 0.3) is 21.0 Å². The maximum atomic E-state index is 13.3. The van der Waals surface area contributed by atoms with Crippen LogP contribution in [0.1, 0.15) is 24.3 Å². The molecule has 1 aromatic carbocycles. The number of carbonyl (C=O) groups excluding carboxylic acids is 1. The second-order valence-corrected chi connectivity index (χ2v) is 9.20. The van der Waals surface area contributed by atoms with Crippen LogP contribution in [-0.2, 0) is 16.0 Å². The number of hydrogen-bond acceptors (Lipinski definition) is 7. The molecule has 0 N–H and O–H groups in total. The van der Waals surface area contributed by atoms with Crippen molar-refractivity contribution in [3.63, 3.8) is 0 Å². The number of furan rings is 1. The summed E-state index contributed by atoms with van der Waals surface area (Å²) in [6.45, 7) is 3.18. The summed E-state index contributed by atoms with van der Waals surface area (Å²) < 4.78 is 12.5. The molecule has 1 aliphatic rings. The fraction of sp³-hybridized carbons (Fsp3) is 0.318. The molecule has 1 atom stereocenters. The third-order valence-electron chi connectivity index (χ3n) is 5.06. The summed E-state index contributed by atoms with van der Waals surface area (Å²) in [5.41, 5.74) is 1.65. The third-order valence-corrected chi connectivity index (χ3v) is 7.03. The number of amides is 1. The van der Waals surface area contributed by atoms with Crippen molar-refractivity contribution in [2.75, 3.05) is 18.1 Å². The van der Waals surface area contributed by atoms with Gasteiger partial charge in [-0.1, -0.05) is 23.5 Å². The van der Waals surface area contributed by atoms with E-state index in [1.54, 1.807) is 4.90 Å². The number of para-hydroxylation sites is 1. The van der Waals surface area contributed by atoms with Crippen molar-refractivity contribution < 1.29 is 13.9 Å². The highest BCUT2D eigenvalue weighted by Gasteiger charge is 2.27. The zero-order valence-corrected chi connectivity index (χ0v) is 18.2. The van der Waals surface area contributed by atoms with Crippen LogP contribution in [0.2, 0.25) is 0 Å². The van der Waals surface area contributed by atoms with Crippen molar-refractivity contribution in [3.8, 4) is 10.8 Å². The van der Waals surface area contributed by atoms with E-state index in [9.17, 15) is 4.79 Å². The highest BCUT2D eigenvalue weighted by Crippen LogP contribution is 2.31. The minimum atomic E-state index is -0.0166. The number of thiazole rings is 2. The summed E-state index contributed by atoms with van der Waals surface area (Å²) in [6, 6.07) is 11.8. The quantitative estimate of drug-likeness (QED) is 0.419. The number of anilines is 1. The van der Waals surface area contributed by atoms with Gasteiger partial charge in [0.2, 0.25) is 5.91 Å². The molecule has 6 nitrogen and oxygen atoms in total. The van der Waals surface area contributed by atoms with E-state index in [1.807, 2.05) is 48.7 Å². The van der Waals surface area contributed by atoms with Gasteiger partial charge in [-0.2, -0.15) is 0 Å². The minimum Gasteiger partial charge on any atom is -0.459 e. The molecule has 0 aliphatic carbocycles. The van der Waals surface area contributed by atoms with Crippen LogP contribution >= 0.6 is 22.7 Å². The number of benzene rings is 1. The number of rotatable bonds is 6. The Labute approximate surface area is 182 Å². The number of hydrogen-bond donors (Lipinski definition) is 0. The highest BCUT2D eigenvalue weighted by molar-refractivity contribution is 7.22. The molecule has 1 aliphatic heterocycles. The van der Waals surface area contributed by atoms with Gasteiger partial charge < -0.3 is 9.15 Å². The number of ether oxygens (including phenoxy) is 1. The molecular formula is C22H21N3O3S2. The summed E-state index contributed by atoms with van der Waals surface area (Å²) in [4.78, 5) is 24.4. The zero-order chi connectivity index (χ0) is 20.5. The van der Waals surface area contributed by atoms with E-state index in [1.165, 1.54) is 22.7 Å². The van der Waals surface area contributed by atoms with Crippen molar-refractivity contribution in [3.05, 3.63) is 53.2 Å². The number of aryl methyl sites for hydroxylation is 1. The van der Waals surface area contributed by atoms with E-state index in [0.717, 1.165) is 51.9 Å². The Morgan fingerprint density at radius 3 is 2.90 bits per heavy atom. The Hall–Kier alpha value is -2.55. The minimum absolute atomic E-state index is 0.0166. The number of nitrogens with zero attached hydrogens (tertiary/aromatic N) is 3. The average molecular weight is 440 g/mol. The Kier molecular flexibility index (Phi) is 5.37. The van der Waals surface area contributed by atoms with Gasteiger partial charge in [0.1, 0.15) is 5.76 Å². The number of carbonyl (C=O) groups is 1. The van der Waals surface area contributed by atoms with Crippen molar-refractivity contribution in [2.45, 2.75) is 32.3 Å². The molecule has 0 radical (unpaired) electrons. The molecular weight excluding hydrogens is 418 g/mol. The predicted molar refractivity (Wildman–Crippen MR) is 119 cm³/mol. The van der Waals surface area contributed by atoms with Gasteiger partial charge in [-0.15, -0.1) is 11.3 Å². The smallest absolute Gasteiger partial charge is 0.234 e. The largest absolute Gasteiger partial charge is 0.459 e. The van der Waals surface area contributed by atoms with Crippen molar-refractivity contribution in [2.24, 2.45) is 0 Å². The Balaban J connectivity index is 1.39. The fourth-order valence-corrected chi connectivity index (χ4v) is 5.33. The predicted octanol–water partition coefficient (Wildman–Crippen LogP) is 5.08. The van der Waals surface area contributed by atoms with E-state index in [2.05, 4.69) is 4.98 Å². The lowest BCUT2D eigenvalue weighted by Crippen LogP contribution is -2.38. The molecule has 4 heterocycles. The van der Waals surface area contributed by atoms with Crippen LogP contribution in [0.4, 0.5) is 5.13 Å². The maximum Gasteiger partial charge on any atom is 0.234 e. The van der Waals surface area contributed by atoms with Gasteiger partial charge in [-0.3, -0.25) is 9.69 Å². The molecule has 4 aromatic rings. The SMILES string of the molecule is Cc1ccc(-c2nc(CC(=O)N(CC3CCCO3)c3nc4ccccc4s3)cs2)o1. The first-order chi connectivity index (χ1) is 14.7. The number of aromatic nitrogens is 2. The van der Waals surface area contributed by atoms with E-state index in [-0.39, 0.29) is 18.4 Å². The second-order valence-electron chi connectivity index (χ2n) is 7.33. The molecule has 30 heavy (non-hydrogen) atoms. The van der Waals surface area contributed by atoms with Gasteiger partial charge in [0.15, 0.2) is 15.9 Å². The standard InChI is InChI=1S/C22H21N3O3S2/c1-14-8-9-18(28-14)21-23-15(13-29-21)11-20(26)25(12-16-5-4-10-27-16)22-24-17-6-2-3-7-19(17)30-22/h2-3,6-9,13,16H,4-5,10-12H2,1H3. The number of fused-ring (bicyclic) bond motifs is 1. The maximum absolute atomic E-state index is 13.3. The molecule has 1 saturated heterocycles. The summed E-state index contributed by atoms with van der Waals surface area (Å²) in [6.07, 6.45) is 2.27. The fourth-order valence-electron chi connectivity index (χ4n) is 3.56. The molecule has 154 valence electrons. The molecule has 0 spiro atoms. The average Bonchev–Trinajstić information content (AvgIpc) is 3.52. The van der Waals surface area contributed by atoms with Gasteiger partial charge in [-0.25, -0.2) is 9.97 Å². The van der Waals surface area contributed by atoms with Crippen molar-refractivity contribution in [1.82, 2.24) is 9.97 Å². The monoisotopic (exact) mass is 439 g/mol. The Morgan fingerprint density at radius 2 is 2.13 bits per heavy atom. The van der Waals surface area contributed by atoms with Gasteiger partial charge in [-0.05, 0) is 44.0 Å². The van der Waals surface area contributed by atoms with E-state index in [4.69, 9.17) is 14.1 Å². The molecule has 3 aromatic heterocycles. The topological polar surface area (TPSA) is 68.5 Å². The van der Waals surface area contributed by atoms with Gasteiger partial charge >= 0.3 is 0 Å². The van der Waals surface area contributed by atoms with Crippen LogP contribution in [-0.4, -0.2) is 35.1 Å². The molecule has 0 saturated carbocycles. The summed E-state index contributed by atoms with van der Waals surface area (Å²) in [5.74, 6) is 1.56. The van der Waals surface area contributed by atoms with E-state index in [0.29, 0.717) is 11.7 Å². The normalized spacial score (nSPS) is 16.4. The van der Waals surface area contributed by atoms with Crippen LogP contribution < -0.4 is 4.90 Å². The van der Waals surface area contributed by atoms with Crippen LogP contribution in [0.5, 0.6) is 0 Å². The first kappa shape index (κ1) is 19.4. The lowest BCUT2D eigenvalue weighted by Gasteiger charge is -2.22. The van der Waals surface area contributed by atoms with Crippen molar-refractivity contribution in [1.29, 1.82) is 0 Å². The van der Waals surface area contributed by atoms with Crippen molar-refractivity contribution >= 4 is 43.9 Å². The lowest BCUT2D eigenvalue weighted by molar-refractivity contribution is -0.118. The third kappa shape index (κ3) is 4.03. The van der Waals surface area contributed by atoms with E-state index < -0.39 is 0 Å². The summed E-state index contributed by atoms with van der Waals surface area (Å²) in [5, 5.41) is 3.43. The molecule has 1 unspecified atom stereocenters. The Morgan fingerprint density at radius 1 is 1.23 bits per heavy atom. The Bertz CT molecular complexity index is 1140.